The largest absolute Gasteiger partial charge is 0.481 e. The lowest BCUT2D eigenvalue weighted by Gasteiger charge is -2.04. The first kappa shape index (κ1) is 12.4. The molecule has 2 N–H and O–H groups in total. The average Bonchev–Trinajstić information content (AvgIpc) is 2.23. The van der Waals surface area contributed by atoms with Crippen molar-refractivity contribution in [2.75, 3.05) is 11.9 Å². The van der Waals surface area contributed by atoms with Crippen LogP contribution >= 0.6 is 0 Å². The average molecular weight is 223 g/mol. The van der Waals surface area contributed by atoms with Gasteiger partial charge in [-0.1, -0.05) is 6.42 Å². The second kappa shape index (κ2) is 6.76. The number of nitrogens with one attached hydrogen (secondary N) is 1. The van der Waals surface area contributed by atoms with Crippen molar-refractivity contribution in [2.45, 2.75) is 32.6 Å². The summed E-state index contributed by atoms with van der Waals surface area (Å²) in [6, 6.07) is 1.85. The Bertz CT molecular complexity index is 342. The van der Waals surface area contributed by atoms with Crippen molar-refractivity contribution in [3.05, 3.63) is 18.0 Å². The fourth-order valence-corrected chi connectivity index (χ4v) is 1.31. The van der Waals surface area contributed by atoms with Crippen molar-refractivity contribution in [2.24, 2.45) is 0 Å². The van der Waals surface area contributed by atoms with Crippen LogP contribution in [0.1, 0.15) is 31.4 Å². The lowest BCUT2D eigenvalue weighted by Crippen LogP contribution is -2.06. The Hall–Kier alpha value is -1.65. The fraction of sp³-hybridized carbons (Fsp3) is 0.545. The number of aromatic nitrogens is 2. The van der Waals surface area contributed by atoms with E-state index in [0.29, 0.717) is 5.95 Å². The third-order valence-electron chi connectivity index (χ3n) is 2.15. The summed E-state index contributed by atoms with van der Waals surface area (Å²) >= 11 is 0. The molecule has 0 radical (unpaired) electrons. The van der Waals surface area contributed by atoms with Crippen LogP contribution in [0, 0.1) is 6.92 Å². The van der Waals surface area contributed by atoms with Crippen LogP contribution in [-0.4, -0.2) is 27.6 Å². The van der Waals surface area contributed by atoms with Gasteiger partial charge in [0.15, 0.2) is 0 Å². The predicted octanol–water partition coefficient (Wildman–Crippen LogP) is 1.84. The first-order valence-corrected chi connectivity index (χ1v) is 5.44. The van der Waals surface area contributed by atoms with E-state index < -0.39 is 5.97 Å². The van der Waals surface area contributed by atoms with Crippen molar-refractivity contribution in [3.8, 4) is 0 Å². The standard InChI is InChI=1S/C11H17N3O2/c1-9-6-8-13-11(14-9)12-7-4-2-3-5-10(15)16/h6,8H,2-5,7H2,1H3,(H,15,16)(H,12,13,14). The van der Waals surface area contributed by atoms with E-state index in [0.717, 1.165) is 31.5 Å². The molecule has 0 amide bonds. The van der Waals surface area contributed by atoms with Crippen LogP contribution < -0.4 is 5.32 Å². The number of hydrogen-bond donors (Lipinski definition) is 2. The highest BCUT2D eigenvalue weighted by Gasteiger charge is 1.97. The minimum absolute atomic E-state index is 0.251. The van der Waals surface area contributed by atoms with Gasteiger partial charge in [0.25, 0.3) is 0 Å². The van der Waals surface area contributed by atoms with E-state index in [2.05, 4.69) is 15.3 Å². The Labute approximate surface area is 94.9 Å². The quantitative estimate of drug-likeness (QED) is 0.690. The second-order valence-corrected chi connectivity index (χ2v) is 3.65. The van der Waals surface area contributed by atoms with Gasteiger partial charge in [-0.05, 0) is 25.8 Å². The molecule has 0 fully saturated rings. The first-order chi connectivity index (χ1) is 7.68. The molecule has 1 heterocycles. The SMILES string of the molecule is Cc1ccnc(NCCCCCC(=O)O)n1. The molecule has 0 aliphatic heterocycles. The van der Waals surface area contributed by atoms with Gasteiger partial charge >= 0.3 is 5.97 Å². The van der Waals surface area contributed by atoms with E-state index >= 15 is 0 Å². The topological polar surface area (TPSA) is 75.1 Å². The highest BCUT2D eigenvalue weighted by Crippen LogP contribution is 2.02. The molecule has 0 aromatic carbocycles. The molecule has 1 rings (SSSR count). The number of carboxylic acid groups (broad SMARTS) is 1. The zero-order valence-corrected chi connectivity index (χ0v) is 9.44. The number of carboxylic acids is 1. The number of aliphatic carboxylic acids is 1. The van der Waals surface area contributed by atoms with Gasteiger partial charge in [-0.25, -0.2) is 9.97 Å². The van der Waals surface area contributed by atoms with Gasteiger partial charge in [0.1, 0.15) is 0 Å². The smallest absolute Gasteiger partial charge is 0.303 e. The van der Waals surface area contributed by atoms with Crippen LogP contribution in [0.2, 0.25) is 0 Å². The van der Waals surface area contributed by atoms with Crippen molar-refractivity contribution in [1.29, 1.82) is 0 Å². The molecule has 88 valence electrons. The van der Waals surface area contributed by atoms with Gasteiger partial charge in [0.05, 0.1) is 0 Å². The maximum Gasteiger partial charge on any atom is 0.303 e. The molecule has 0 aliphatic rings. The molecule has 0 unspecified atom stereocenters. The number of aryl methyl sites for hydroxylation is 1. The normalized spacial score (nSPS) is 10.1. The molecule has 0 saturated heterocycles. The molecule has 5 nitrogen and oxygen atoms in total. The van der Waals surface area contributed by atoms with Gasteiger partial charge in [0, 0.05) is 24.9 Å². The van der Waals surface area contributed by atoms with Crippen LogP contribution in [0.25, 0.3) is 0 Å². The summed E-state index contributed by atoms with van der Waals surface area (Å²) in [5.41, 5.74) is 0.934. The van der Waals surface area contributed by atoms with E-state index in [4.69, 9.17) is 5.11 Å². The Kier molecular flexibility index (Phi) is 5.25. The van der Waals surface area contributed by atoms with Crippen LogP contribution in [0.5, 0.6) is 0 Å². The number of unbranched alkanes of at least 4 members (excludes halogenated alkanes) is 2. The van der Waals surface area contributed by atoms with Crippen molar-refractivity contribution >= 4 is 11.9 Å². The van der Waals surface area contributed by atoms with E-state index in [1.807, 2.05) is 13.0 Å². The molecule has 16 heavy (non-hydrogen) atoms. The van der Waals surface area contributed by atoms with Gasteiger partial charge in [0.2, 0.25) is 5.95 Å². The van der Waals surface area contributed by atoms with Gasteiger partial charge in [-0.3, -0.25) is 4.79 Å². The summed E-state index contributed by atoms with van der Waals surface area (Å²) in [5.74, 6) is -0.0896. The number of hydrogen-bond acceptors (Lipinski definition) is 4. The van der Waals surface area contributed by atoms with Gasteiger partial charge < -0.3 is 10.4 Å². The highest BCUT2D eigenvalue weighted by atomic mass is 16.4. The van der Waals surface area contributed by atoms with Crippen LogP contribution in [0.4, 0.5) is 5.95 Å². The van der Waals surface area contributed by atoms with Crippen molar-refractivity contribution in [3.63, 3.8) is 0 Å². The molecule has 1 aromatic rings. The van der Waals surface area contributed by atoms with Crippen LogP contribution in [0.3, 0.4) is 0 Å². The lowest BCUT2D eigenvalue weighted by atomic mass is 10.2. The lowest BCUT2D eigenvalue weighted by molar-refractivity contribution is -0.137. The van der Waals surface area contributed by atoms with Crippen molar-refractivity contribution in [1.82, 2.24) is 9.97 Å². The Morgan fingerprint density at radius 1 is 1.44 bits per heavy atom. The monoisotopic (exact) mass is 223 g/mol. The minimum Gasteiger partial charge on any atom is -0.481 e. The maximum absolute atomic E-state index is 10.3. The van der Waals surface area contributed by atoms with Crippen LogP contribution in [-0.2, 0) is 4.79 Å². The molecule has 0 atom stereocenters. The summed E-state index contributed by atoms with van der Waals surface area (Å²) in [7, 11) is 0. The fourth-order valence-electron chi connectivity index (χ4n) is 1.31. The molecule has 1 aromatic heterocycles. The van der Waals surface area contributed by atoms with E-state index in [1.165, 1.54) is 0 Å². The maximum atomic E-state index is 10.3. The summed E-state index contributed by atoms with van der Waals surface area (Å²) in [6.45, 7) is 2.70. The minimum atomic E-state index is -0.727. The van der Waals surface area contributed by atoms with E-state index in [1.54, 1.807) is 6.20 Å². The van der Waals surface area contributed by atoms with Gasteiger partial charge in [-0.2, -0.15) is 0 Å². The Morgan fingerprint density at radius 3 is 2.94 bits per heavy atom. The Morgan fingerprint density at radius 2 is 2.25 bits per heavy atom. The Balaban J connectivity index is 2.09. The van der Waals surface area contributed by atoms with E-state index in [-0.39, 0.29) is 6.42 Å². The number of rotatable bonds is 7. The van der Waals surface area contributed by atoms with Gasteiger partial charge in [-0.15, -0.1) is 0 Å². The highest BCUT2D eigenvalue weighted by molar-refractivity contribution is 5.66. The first-order valence-electron chi connectivity index (χ1n) is 5.44. The molecule has 0 bridgehead atoms. The molecular weight excluding hydrogens is 206 g/mol. The van der Waals surface area contributed by atoms with Crippen LogP contribution in [0.15, 0.2) is 12.3 Å². The molecule has 5 heteroatoms. The molecular formula is C11H17N3O2. The molecule has 0 saturated carbocycles. The summed E-state index contributed by atoms with van der Waals surface area (Å²) < 4.78 is 0. The molecule has 0 aliphatic carbocycles. The summed E-state index contributed by atoms with van der Waals surface area (Å²) in [4.78, 5) is 18.5. The number of carbonyl (C=O) groups is 1. The molecule has 0 spiro atoms. The zero-order valence-electron chi connectivity index (χ0n) is 9.44. The summed E-state index contributed by atoms with van der Waals surface area (Å²) in [6.07, 6.45) is 4.54. The third kappa shape index (κ3) is 5.29. The predicted molar refractivity (Wildman–Crippen MR) is 61.4 cm³/mol. The summed E-state index contributed by atoms with van der Waals surface area (Å²) in [5, 5.41) is 11.5. The number of nitrogens with zero attached hydrogens (tertiary/aromatic N) is 2. The van der Waals surface area contributed by atoms with Crippen molar-refractivity contribution < 1.29 is 9.90 Å². The number of anilines is 1. The second-order valence-electron chi connectivity index (χ2n) is 3.65. The van der Waals surface area contributed by atoms with E-state index in [9.17, 15) is 4.79 Å². The zero-order chi connectivity index (χ0) is 11.8. The third-order valence-corrected chi connectivity index (χ3v) is 2.15.